The fourth-order valence-corrected chi connectivity index (χ4v) is 5.02. The highest BCUT2D eigenvalue weighted by Gasteiger charge is 2.35. The molecule has 1 saturated heterocycles. The smallest absolute Gasteiger partial charge is 0.242 e. The Kier molecular flexibility index (Phi) is 4.66. The first-order valence-corrected chi connectivity index (χ1v) is 9.89. The standard InChI is InChI=1S/C18H14N2O3S2/c1-13-7-9-15(10-8-13)25(22,23)16(11-19)18-20(17(21)12-24-18)14-5-3-2-4-6-14/h2-10H,12H2,1H3/b18-16+. The molecule has 1 heterocycles. The Morgan fingerprint density at radius 2 is 1.76 bits per heavy atom. The van der Waals surface area contributed by atoms with Crippen LogP contribution in [0.3, 0.4) is 0 Å². The van der Waals surface area contributed by atoms with Crippen molar-refractivity contribution in [2.45, 2.75) is 11.8 Å². The molecule has 25 heavy (non-hydrogen) atoms. The average Bonchev–Trinajstić information content (AvgIpc) is 2.98. The number of allylic oxidation sites excluding steroid dienone is 1. The Bertz CT molecular complexity index is 989. The van der Waals surface area contributed by atoms with E-state index >= 15 is 0 Å². The third-order valence-electron chi connectivity index (χ3n) is 3.70. The molecule has 5 nitrogen and oxygen atoms in total. The van der Waals surface area contributed by atoms with E-state index in [0.29, 0.717) is 5.69 Å². The maximum atomic E-state index is 12.9. The molecule has 0 N–H and O–H groups in total. The minimum absolute atomic E-state index is 0.0371. The number of nitriles is 1. The van der Waals surface area contributed by atoms with E-state index in [0.717, 1.165) is 17.3 Å². The summed E-state index contributed by atoms with van der Waals surface area (Å²) in [5.74, 6) is -0.156. The molecule has 2 aromatic rings. The Balaban J connectivity index is 2.16. The van der Waals surface area contributed by atoms with E-state index in [1.807, 2.05) is 6.92 Å². The lowest BCUT2D eigenvalue weighted by atomic mass is 10.2. The van der Waals surface area contributed by atoms with Crippen LogP contribution in [0, 0.1) is 18.3 Å². The molecule has 0 unspecified atom stereocenters. The third-order valence-corrected chi connectivity index (χ3v) is 6.59. The van der Waals surface area contributed by atoms with Crippen molar-refractivity contribution < 1.29 is 13.2 Å². The van der Waals surface area contributed by atoms with Crippen molar-refractivity contribution in [3.63, 3.8) is 0 Å². The van der Waals surface area contributed by atoms with Crippen molar-refractivity contribution in [2.24, 2.45) is 0 Å². The van der Waals surface area contributed by atoms with Gasteiger partial charge >= 0.3 is 0 Å². The highest BCUT2D eigenvalue weighted by Crippen LogP contribution is 2.38. The maximum absolute atomic E-state index is 12.9. The predicted molar refractivity (Wildman–Crippen MR) is 97.4 cm³/mol. The lowest BCUT2D eigenvalue weighted by Gasteiger charge is -2.18. The van der Waals surface area contributed by atoms with Crippen molar-refractivity contribution in [2.75, 3.05) is 10.7 Å². The summed E-state index contributed by atoms with van der Waals surface area (Å²) in [7, 11) is -4.01. The molecule has 1 aliphatic rings. The first kappa shape index (κ1) is 17.3. The molecular weight excluding hydrogens is 356 g/mol. The first-order chi connectivity index (χ1) is 11.9. The molecule has 1 amide bonds. The molecule has 0 atom stereocenters. The van der Waals surface area contributed by atoms with Crippen molar-refractivity contribution in [3.05, 3.63) is 70.1 Å². The van der Waals surface area contributed by atoms with E-state index in [-0.39, 0.29) is 21.6 Å². The van der Waals surface area contributed by atoms with E-state index < -0.39 is 14.7 Å². The lowest BCUT2D eigenvalue weighted by Crippen LogP contribution is -2.25. The van der Waals surface area contributed by atoms with Crippen molar-refractivity contribution >= 4 is 33.2 Å². The highest BCUT2D eigenvalue weighted by molar-refractivity contribution is 8.05. The molecule has 0 aliphatic carbocycles. The van der Waals surface area contributed by atoms with Gasteiger partial charge in [0.15, 0.2) is 4.91 Å². The molecule has 7 heteroatoms. The zero-order valence-corrected chi connectivity index (χ0v) is 15.0. The monoisotopic (exact) mass is 370 g/mol. The molecule has 1 aliphatic heterocycles. The lowest BCUT2D eigenvalue weighted by molar-refractivity contribution is -0.115. The number of carbonyl (C=O) groups is 1. The number of amides is 1. The van der Waals surface area contributed by atoms with Gasteiger partial charge in [-0.25, -0.2) is 8.42 Å². The normalized spacial score (nSPS) is 16.6. The fraction of sp³-hybridized carbons (Fsp3) is 0.111. The van der Waals surface area contributed by atoms with Crippen LogP contribution in [0.15, 0.2) is 69.4 Å². The topological polar surface area (TPSA) is 78.2 Å². The Morgan fingerprint density at radius 3 is 2.36 bits per heavy atom. The van der Waals surface area contributed by atoms with Crippen LogP contribution in [0.4, 0.5) is 5.69 Å². The van der Waals surface area contributed by atoms with Gasteiger partial charge in [0.25, 0.3) is 0 Å². The van der Waals surface area contributed by atoms with E-state index in [1.165, 1.54) is 17.0 Å². The van der Waals surface area contributed by atoms with Crippen LogP contribution in [0.1, 0.15) is 5.56 Å². The summed E-state index contributed by atoms with van der Waals surface area (Å²) in [6.07, 6.45) is 0. The van der Waals surface area contributed by atoms with E-state index in [9.17, 15) is 18.5 Å². The zero-order chi connectivity index (χ0) is 18.0. The van der Waals surface area contributed by atoms with E-state index in [2.05, 4.69) is 0 Å². The van der Waals surface area contributed by atoms with Crippen LogP contribution in [0.5, 0.6) is 0 Å². The third kappa shape index (κ3) is 3.18. The molecular formula is C18H14N2O3S2. The number of hydrogen-bond donors (Lipinski definition) is 0. The van der Waals surface area contributed by atoms with E-state index in [1.54, 1.807) is 48.5 Å². The van der Waals surface area contributed by atoms with Gasteiger partial charge in [-0.2, -0.15) is 5.26 Å². The minimum Gasteiger partial charge on any atom is -0.273 e. The van der Waals surface area contributed by atoms with Gasteiger partial charge in [0.2, 0.25) is 15.7 Å². The minimum atomic E-state index is -4.01. The second-order valence-electron chi connectivity index (χ2n) is 5.42. The Hall–Kier alpha value is -2.56. The summed E-state index contributed by atoms with van der Waals surface area (Å²) in [6.45, 7) is 1.85. The van der Waals surface area contributed by atoms with Gasteiger partial charge < -0.3 is 0 Å². The molecule has 0 radical (unpaired) electrons. The number of hydrogen-bond acceptors (Lipinski definition) is 5. The number of rotatable bonds is 3. The van der Waals surface area contributed by atoms with Crippen molar-refractivity contribution in [1.29, 1.82) is 5.26 Å². The van der Waals surface area contributed by atoms with Crippen LogP contribution < -0.4 is 4.90 Å². The number of para-hydroxylation sites is 1. The Labute approximate surface area is 150 Å². The number of anilines is 1. The molecule has 1 fully saturated rings. The summed E-state index contributed by atoms with van der Waals surface area (Å²) >= 11 is 1.07. The first-order valence-electron chi connectivity index (χ1n) is 7.42. The summed E-state index contributed by atoms with van der Waals surface area (Å²) in [5.41, 5.74) is 1.46. The molecule has 0 bridgehead atoms. The summed E-state index contributed by atoms with van der Waals surface area (Å²) < 4.78 is 25.8. The van der Waals surface area contributed by atoms with Gasteiger partial charge in [-0.15, -0.1) is 0 Å². The van der Waals surface area contributed by atoms with E-state index in [4.69, 9.17) is 0 Å². The quantitative estimate of drug-likeness (QED) is 0.775. The zero-order valence-electron chi connectivity index (χ0n) is 13.3. The van der Waals surface area contributed by atoms with Gasteiger partial charge in [-0.1, -0.05) is 47.7 Å². The highest BCUT2D eigenvalue weighted by atomic mass is 32.2. The molecule has 0 spiro atoms. The molecule has 3 rings (SSSR count). The Morgan fingerprint density at radius 1 is 1.12 bits per heavy atom. The largest absolute Gasteiger partial charge is 0.273 e. The van der Waals surface area contributed by atoms with Gasteiger partial charge in [0, 0.05) is 5.69 Å². The summed E-state index contributed by atoms with van der Waals surface area (Å²) in [6, 6.07) is 16.8. The van der Waals surface area contributed by atoms with Crippen LogP contribution in [-0.2, 0) is 14.6 Å². The predicted octanol–water partition coefficient (Wildman–Crippen LogP) is 3.24. The molecule has 126 valence electrons. The van der Waals surface area contributed by atoms with Crippen LogP contribution >= 0.6 is 11.8 Å². The van der Waals surface area contributed by atoms with Crippen molar-refractivity contribution in [3.8, 4) is 6.07 Å². The van der Waals surface area contributed by atoms with Crippen LogP contribution in [-0.4, -0.2) is 20.1 Å². The SMILES string of the molecule is Cc1ccc(S(=O)(=O)/C(C#N)=C2/SCC(=O)N2c2ccccc2)cc1. The molecule has 0 saturated carbocycles. The number of thioether (sulfide) groups is 1. The second-order valence-corrected chi connectivity index (χ2v) is 8.27. The number of nitrogens with zero attached hydrogens (tertiary/aromatic N) is 2. The fourth-order valence-electron chi connectivity index (χ4n) is 2.44. The van der Waals surface area contributed by atoms with Gasteiger partial charge in [-0.05, 0) is 31.2 Å². The van der Waals surface area contributed by atoms with Gasteiger partial charge in [0.1, 0.15) is 11.1 Å². The van der Waals surface area contributed by atoms with Gasteiger partial charge in [0.05, 0.1) is 10.6 Å². The number of carbonyl (C=O) groups excluding carboxylic acids is 1. The number of sulfone groups is 1. The molecule has 0 aromatic heterocycles. The van der Waals surface area contributed by atoms with Crippen LogP contribution in [0.2, 0.25) is 0 Å². The summed E-state index contributed by atoms with van der Waals surface area (Å²) in [4.78, 5) is 13.2. The molecule has 2 aromatic carbocycles. The summed E-state index contributed by atoms with van der Waals surface area (Å²) in [5, 5.41) is 9.70. The maximum Gasteiger partial charge on any atom is 0.242 e. The second kappa shape index (κ2) is 6.75. The van der Waals surface area contributed by atoms with Crippen molar-refractivity contribution in [1.82, 2.24) is 0 Å². The number of benzene rings is 2. The number of aryl methyl sites for hydroxylation is 1. The van der Waals surface area contributed by atoms with Crippen LogP contribution in [0.25, 0.3) is 0 Å². The average molecular weight is 370 g/mol. The van der Waals surface area contributed by atoms with Gasteiger partial charge in [-0.3, -0.25) is 9.69 Å².